The Kier molecular flexibility index (Phi) is 4.73. The molecule has 0 amide bonds. The maximum atomic E-state index is 13.3. The number of hydrogen-bond acceptors (Lipinski definition) is 3. The van der Waals surface area contributed by atoms with Gasteiger partial charge in [0.2, 0.25) is 0 Å². The van der Waals surface area contributed by atoms with E-state index in [9.17, 15) is 4.39 Å². The van der Waals surface area contributed by atoms with Gasteiger partial charge in [-0.2, -0.15) is 0 Å². The first-order chi connectivity index (χ1) is 10.7. The third-order valence-corrected chi connectivity index (χ3v) is 4.21. The van der Waals surface area contributed by atoms with Gasteiger partial charge < -0.3 is 9.88 Å². The molecule has 1 aliphatic rings. The van der Waals surface area contributed by atoms with Crippen LogP contribution in [0.25, 0.3) is 0 Å². The fourth-order valence-electron chi connectivity index (χ4n) is 3.11. The van der Waals surface area contributed by atoms with Crippen molar-refractivity contribution in [1.82, 2.24) is 14.5 Å². The highest BCUT2D eigenvalue weighted by Crippen LogP contribution is 2.18. The maximum Gasteiger partial charge on any atom is 0.125 e. The molecule has 1 N–H and O–H groups in total. The topological polar surface area (TPSA) is 33.1 Å². The molecule has 0 spiro atoms. The summed E-state index contributed by atoms with van der Waals surface area (Å²) in [5.74, 6) is 0.927. The second-order valence-corrected chi connectivity index (χ2v) is 5.86. The summed E-state index contributed by atoms with van der Waals surface area (Å²) in [5, 5.41) is 3.45. The molecule has 0 aliphatic carbocycles. The standard InChI is InChI=1S/C17H23FN4/c1-2-22-10-8-19-17(22)13-21-9-4-7-16(12-21)20-15-6-3-5-14(18)11-15/h3,5-6,8,10-11,16,20H,2,4,7,9,12-13H2,1H3/t16-/m1/s1. The number of nitrogens with zero attached hydrogens (tertiary/aromatic N) is 3. The zero-order valence-electron chi connectivity index (χ0n) is 13.0. The second kappa shape index (κ2) is 6.92. The molecule has 1 aromatic carbocycles. The Morgan fingerprint density at radius 1 is 1.41 bits per heavy atom. The van der Waals surface area contributed by atoms with Crippen molar-refractivity contribution in [2.45, 2.75) is 38.9 Å². The summed E-state index contributed by atoms with van der Waals surface area (Å²) in [6.45, 7) is 6.02. The van der Waals surface area contributed by atoms with Crippen molar-refractivity contribution in [1.29, 1.82) is 0 Å². The molecule has 2 aromatic rings. The smallest absolute Gasteiger partial charge is 0.125 e. The lowest BCUT2D eigenvalue weighted by Gasteiger charge is -2.33. The quantitative estimate of drug-likeness (QED) is 0.921. The van der Waals surface area contributed by atoms with Crippen molar-refractivity contribution in [3.8, 4) is 0 Å². The number of hydrogen-bond donors (Lipinski definition) is 1. The predicted molar refractivity (Wildman–Crippen MR) is 86.2 cm³/mol. The summed E-state index contributed by atoms with van der Waals surface area (Å²) in [4.78, 5) is 6.88. The lowest BCUT2D eigenvalue weighted by molar-refractivity contribution is 0.201. The molecule has 0 radical (unpaired) electrons. The normalized spacial score (nSPS) is 19.3. The minimum absolute atomic E-state index is 0.192. The van der Waals surface area contributed by atoms with E-state index >= 15 is 0 Å². The lowest BCUT2D eigenvalue weighted by Crippen LogP contribution is -2.42. The number of likely N-dealkylation sites (tertiary alicyclic amines) is 1. The van der Waals surface area contributed by atoms with Crippen LogP contribution in [0.2, 0.25) is 0 Å². The van der Waals surface area contributed by atoms with E-state index in [1.807, 2.05) is 18.5 Å². The highest BCUT2D eigenvalue weighted by Gasteiger charge is 2.21. The molecule has 1 fully saturated rings. The SMILES string of the molecule is CCn1ccnc1CN1CCC[C@@H](Nc2cccc(F)c2)C1. The molecular formula is C17H23FN4. The number of rotatable bonds is 5. The molecule has 1 aromatic heterocycles. The third-order valence-electron chi connectivity index (χ3n) is 4.21. The lowest BCUT2D eigenvalue weighted by atomic mass is 10.1. The Bertz CT molecular complexity index is 610. The molecular weight excluding hydrogens is 279 g/mol. The average molecular weight is 302 g/mol. The minimum Gasteiger partial charge on any atom is -0.381 e. The zero-order chi connectivity index (χ0) is 15.4. The summed E-state index contributed by atoms with van der Waals surface area (Å²) < 4.78 is 15.5. The van der Waals surface area contributed by atoms with E-state index in [4.69, 9.17) is 0 Å². The molecule has 22 heavy (non-hydrogen) atoms. The van der Waals surface area contributed by atoms with Gasteiger partial charge in [-0.1, -0.05) is 6.07 Å². The van der Waals surface area contributed by atoms with Crippen LogP contribution in [-0.2, 0) is 13.1 Å². The summed E-state index contributed by atoms with van der Waals surface area (Å²) in [6, 6.07) is 7.06. The van der Waals surface area contributed by atoms with Crippen molar-refractivity contribution in [2.24, 2.45) is 0 Å². The van der Waals surface area contributed by atoms with Crippen molar-refractivity contribution in [2.75, 3.05) is 18.4 Å². The maximum absolute atomic E-state index is 13.3. The fraction of sp³-hybridized carbons (Fsp3) is 0.471. The third kappa shape index (κ3) is 3.65. The number of imidazole rings is 1. The monoisotopic (exact) mass is 302 g/mol. The molecule has 0 saturated carbocycles. The average Bonchev–Trinajstić information content (AvgIpc) is 2.95. The second-order valence-electron chi connectivity index (χ2n) is 5.86. The first-order valence-electron chi connectivity index (χ1n) is 7.99. The fourth-order valence-corrected chi connectivity index (χ4v) is 3.11. The number of benzene rings is 1. The summed E-state index contributed by atoms with van der Waals surface area (Å²) >= 11 is 0. The minimum atomic E-state index is -0.192. The summed E-state index contributed by atoms with van der Waals surface area (Å²) in [6.07, 6.45) is 6.17. The largest absolute Gasteiger partial charge is 0.381 e. The Morgan fingerprint density at radius 2 is 2.32 bits per heavy atom. The molecule has 0 unspecified atom stereocenters. The number of aryl methyl sites for hydroxylation is 1. The number of piperidine rings is 1. The van der Waals surface area contributed by atoms with Gasteiger partial charge >= 0.3 is 0 Å². The van der Waals surface area contributed by atoms with Crippen molar-refractivity contribution >= 4 is 5.69 Å². The van der Waals surface area contributed by atoms with Gasteiger partial charge in [-0.05, 0) is 44.5 Å². The highest BCUT2D eigenvalue weighted by molar-refractivity contribution is 5.44. The Morgan fingerprint density at radius 3 is 3.14 bits per heavy atom. The Hall–Kier alpha value is -1.88. The van der Waals surface area contributed by atoms with E-state index in [-0.39, 0.29) is 5.82 Å². The van der Waals surface area contributed by atoms with Gasteiger partial charge in [0, 0.05) is 37.2 Å². The Balaban J connectivity index is 1.59. The van der Waals surface area contributed by atoms with Gasteiger partial charge in [0.05, 0.1) is 6.54 Å². The van der Waals surface area contributed by atoms with Gasteiger partial charge in [0.1, 0.15) is 11.6 Å². The van der Waals surface area contributed by atoms with Crippen LogP contribution in [0.4, 0.5) is 10.1 Å². The number of anilines is 1. The molecule has 2 heterocycles. The molecule has 118 valence electrons. The first-order valence-corrected chi connectivity index (χ1v) is 7.99. The van der Waals surface area contributed by atoms with E-state index < -0.39 is 0 Å². The molecule has 1 atom stereocenters. The van der Waals surface area contributed by atoms with Gasteiger partial charge in [0.25, 0.3) is 0 Å². The van der Waals surface area contributed by atoms with E-state index in [0.29, 0.717) is 6.04 Å². The summed E-state index contributed by atoms with van der Waals surface area (Å²) in [7, 11) is 0. The number of halogens is 1. The molecule has 0 bridgehead atoms. The van der Waals surface area contributed by atoms with Gasteiger partial charge in [-0.15, -0.1) is 0 Å². The van der Waals surface area contributed by atoms with Crippen LogP contribution >= 0.6 is 0 Å². The van der Waals surface area contributed by atoms with Gasteiger partial charge in [0.15, 0.2) is 0 Å². The van der Waals surface area contributed by atoms with E-state index in [1.54, 1.807) is 12.1 Å². The first kappa shape index (κ1) is 15.0. The van der Waals surface area contributed by atoms with Crippen molar-refractivity contribution < 1.29 is 4.39 Å². The van der Waals surface area contributed by atoms with Gasteiger partial charge in [-0.25, -0.2) is 9.37 Å². The molecule has 4 nitrogen and oxygen atoms in total. The molecule has 1 saturated heterocycles. The van der Waals surface area contributed by atoms with E-state index in [0.717, 1.165) is 50.5 Å². The highest BCUT2D eigenvalue weighted by atomic mass is 19.1. The number of nitrogens with one attached hydrogen (secondary N) is 1. The van der Waals surface area contributed by atoms with Crippen molar-refractivity contribution in [3.05, 3.63) is 48.3 Å². The molecule has 1 aliphatic heterocycles. The van der Waals surface area contributed by atoms with E-state index in [2.05, 4.69) is 26.7 Å². The predicted octanol–water partition coefficient (Wildman–Crippen LogP) is 3.12. The van der Waals surface area contributed by atoms with E-state index in [1.165, 1.54) is 6.07 Å². The molecule has 3 rings (SSSR count). The van der Waals surface area contributed by atoms with Crippen LogP contribution in [0, 0.1) is 5.82 Å². The molecule has 5 heteroatoms. The van der Waals surface area contributed by atoms with Crippen LogP contribution in [0.1, 0.15) is 25.6 Å². The van der Waals surface area contributed by atoms with Crippen molar-refractivity contribution in [3.63, 3.8) is 0 Å². The summed E-state index contributed by atoms with van der Waals surface area (Å²) in [5.41, 5.74) is 0.863. The van der Waals surface area contributed by atoms with Crippen LogP contribution in [0.5, 0.6) is 0 Å². The van der Waals surface area contributed by atoms with Crippen LogP contribution in [0.3, 0.4) is 0 Å². The van der Waals surface area contributed by atoms with Crippen LogP contribution in [-0.4, -0.2) is 33.6 Å². The zero-order valence-corrected chi connectivity index (χ0v) is 13.0. The van der Waals surface area contributed by atoms with Gasteiger partial charge in [-0.3, -0.25) is 4.90 Å². The number of aromatic nitrogens is 2. The Labute approximate surface area is 131 Å². The van der Waals surface area contributed by atoms with Crippen LogP contribution in [0.15, 0.2) is 36.7 Å². The van der Waals surface area contributed by atoms with Crippen LogP contribution < -0.4 is 5.32 Å².